The quantitative estimate of drug-likeness (QED) is 0.806. The molecule has 0 saturated heterocycles. The monoisotopic (exact) mass is 321 g/mol. The molecule has 0 bridgehead atoms. The van der Waals surface area contributed by atoms with Crippen molar-refractivity contribution in [1.29, 1.82) is 0 Å². The normalized spacial score (nSPS) is 11.6. The predicted molar refractivity (Wildman–Crippen MR) is 70.9 cm³/mol. The maximum absolute atomic E-state index is 13.2. The molecule has 20 heavy (non-hydrogen) atoms. The molecule has 0 aliphatic carbocycles. The van der Waals surface area contributed by atoms with Crippen LogP contribution in [0.1, 0.15) is 0 Å². The molecule has 108 valence electrons. The molecule has 1 aromatic carbocycles. The topological polar surface area (TPSA) is 99.8 Å². The maximum Gasteiger partial charge on any atom is 0.253 e. The zero-order chi connectivity index (χ0) is 15.1. The number of anilines is 1. The van der Waals surface area contributed by atoms with Crippen LogP contribution in [-0.2, 0) is 10.0 Å². The molecule has 0 unspecified atom stereocenters. The molecule has 2 rings (SSSR count). The van der Waals surface area contributed by atoms with E-state index in [1.165, 1.54) is 6.07 Å². The van der Waals surface area contributed by atoms with Crippen molar-refractivity contribution in [2.24, 2.45) is 0 Å². The van der Waals surface area contributed by atoms with Crippen LogP contribution >= 0.6 is 11.6 Å². The van der Waals surface area contributed by atoms with Crippen molar-refractivity contribution in [3.63, 3.8) is 0 Å². The Morgan fingerprint density at radius 2 is 1.95 bits per heavy atom. The molecule has 3 N–H and O–H groups in total. The molecule has 0 radical (unpaired) electrons. The minimum atomic E-state index is -3.73. The van der Waals surface area contributed by atoms with Gasteiger partial charge in [0, 0.05) is 5.56 Å². The van der Waals surface area contributed by atoms with E-state index in [0.29, 0.717) is 0 Å². The first kappa shape index (κ1) is 14.5. The smallest absolute Gasteiger partial charge is 0.253 e. The van der Waals surface area contributed by atoms with Gasteiger partial charge in [-0.3, -0.25) is 4.72 Å². The van der Waals surface area contributed by atoms with Gasteiger partial charge < -0.3 is 14.6 Å². The van der Waals surface area contributed by atoms with Gasteiger partial charge in [0.05, 0.1) is 11.3 Å². The molecule has 0 aliphatic heterocycles. The summed E-state index contributed by atoms with van der Waals surface area (Å²) in [5.41, 5.74) is -0.0268. The van der Waals surface area contributed by atoms with E-state index >= 15 is 0 Å². The van der Waals surface area contributed by atoms with Crippen molar-refractivity contribution in [2.75, 3.05) is 11.0 Å². The van der Waals surface area contributed by atoms with Gasteiger partial charge in [-0.25, -0.2) is 12.8 Å². The summed E-state index contributed by atoms with van der Waals surface area (Å²) in [4.78, 5) is 0. The lowest BCUT2D eigenvalue weighted by atomic mass is 10.1. The molecular formula is C11H9ClFNO5S. The largest absolute Gasteiger partial charge is 0.502 e. The second-order valence-corrected chi connectivity index (χ2v) is 6.11. The molecule has 1 heterocycles. The summed E-state index contributed by atoms with van der Waals surface area (Å²) >= 11 is 5.84. The fourth-order valence-corrected chi connectivity index (χ4v) is 2.18. The second-order valence-electron chi connectivity index (χ2n) is 3.96. The number of rotatable bonds is 3. The third-order valence-electron chi connectivity index (χ3n) is 2.31. The standard InChI is InChI=1S/C11H9ClFNO5S/c1-20(17,18)14-11-9(16)8(15)10(19-11)6-4-5(13)2-3-7(6)12/h2-4,14-16H,1H3. The van der Waals surface area contributed by atoms with E-state index in [1.807, 2.05) is 4.72 Å². The van der Waals surface area contributed by atoms with Gasteiger partial charge in [-0.1, -0.05) is 11.6 Å². The van der Waals surface area contributed by atoms with Crippen LogP contribution in [-0.4, -0.2) is 24.9 Å². The number of hydrogen-bond acceptors (Lipinski definition) is 5. The zero-order valence-electron chi connectivity index (χ0n) is 10.0. The summed E-state index contributed by atoms with van der Waals surface area (Å²) in [6.45, 7) is 0. The van der Waals surface area contributed by atoms with E-state index in [-0.39, 0.29) is 16.3 Å². The molecule has 0 saturated carbocycles. The lowest BCUT2D eigenvalue weighted by Gasteiger charge is -2.01. The number of sulfonamides is 1. The Morgan fingerprint density at radius 1 is 1.30 bits per heavy atom. The summed E-state index contributed by atoms with van der Waals surface area (Å²) < 4.78 is 42.2. The van der Waals surface area contributed by atoms with E-state index in [4.69, 9.17) is 16.0 Å². The molecule has 2 aromatic rings. The van der Waals surface area contributed by atoms with Gasteiger partial charge in [0.2, 0.25) is 21.5 Å². The third-order valence-corrected chi connectivity index (χ3v) is 3.20. The minimum Gasteiger partial charge on any atom is -0.502 e. The van der Waals surface area contributed by atoms with Gasteiger partial charge in [-0.15, -0.1) is 0 Å². The van der Waals surface area contributed by atoms with Gasteiger partial charge in [0.1, 0.15) is 5.82 Å². The van der Waals surface area contributed by atoms with Gasteiger partial charge in [-0.2, -0.15) is 0 Å². The number of hydrogen-bond donors (Lipinski definition) is 3. The fraction of sp³-hybridized carbons (Fsp3) is 0.0909. The summed E-state index contributed by atoms with van der Waals surface area (Å²) in [6.07, 6.45) is 0.834. The predicted octanol–water partition coefficient (Wildman–Crippen LogP) is 2.52. The number of benzene rings is 1. The Balaban J connectivity index is 2.59. The average Bonchev–Trinajstić information content (AvgIpc) is 2.59. The summed E-state index contributed by atoms with van der Waals surface area (Å²) in [7, 11) is -3.73. The first-order valence-corrected chi connectivity index (χ1v) is 7.44. The van der Waals surface area contributed by atoms with Gasteiger partial charge in [0.15, 0.2) is 5.76 Å². The van der Waals surface area contributed by atoms with Gasteiger partial charge >= 0.3 is 0 Å². The number of furan rings is 1. The Bertz CT molecular complexity index is 771. The summed E-state index contributed by atoms with van der Waals surface area (Å²) in [5, 5.41) is 19.4. The molecule has 0 spiro atoms. The Labute approximate surface area is 118 Å². The number of aromatic hydroxyl groups is 2. The van der Waals surface area contributed by atoms with Gasteiger partial charge in [0.25, 0.3) is 5.88 Å². The van der Waals surface area contributed by atoms with Crippen LogP contribution < -0.4 is 4.72 Å². The van der Waals surface area contributed by atoms with Crippen molar-refractivity contribution < 1.29 is 27.4 Å². The van der Waals surface area contributed by atoms with Crippen LogP contribution in [0.3, 0.4) is 0 Å². The fourth-order valence-electron chi connectivity index (χ4n) is 1.51. The Morgan fingerprint density at radius 3 is 2.55 bits per heavy atom. The van der Waals surface area contributed by atoms with E-state index in [1.54, 1.807) is 0 Å². The van der Waals surface area contributed by atoms with E-state index in [2.05, 4.69) is 0 Å². The zero-order valence-corrected chi connectivity index (χ0v) is 11.6. The molecule has 0 amide bonds. The highest BCUT2D eigenvalue weighted by atomic mass is 35.5. The van der Waals surface area contributed by atoms with Crippen LogP contribution in [0.25, 0.3) is 11.3 Å². The van der Waals surface area contributed by atoms with Crippen LogP contribution in [0, 0.1) is 5.82 Å². The van der Waals surface area contributed by atoms with Crippen molar-refractivity contribution in [1.82, 2.24) is 0 Å². The molecule has 6 nitrogen and oxygen atoms in total. The second kappa shape index (κ2) is 4.88. The molecule has 0 fully saturated rings. The highest BCUT2D eigenvalue weighted by Crippen LogP contribution is 2.47. The number of halogens is 2. The Hall–Kier alpha value is -1.93. The minimum absolute atomic E-state index is 0.0268. The van der Waals surface area contributed by atoms with Crippen LogP contribution in [0.4, 0.5) is 10.3 Å². The van der Waals surface area contributed by atoms with Crippen molar-refractivity contribution in [3.05, 3.63) is 29.0 Å². The highest BCUT2D eigenvalue weighted by molar-refractivity contribution is 7.92. The summed E-state index contributed by atoms with van der Waals surface area (Å²) in [6, 6.07) is 3.31. The lowest BCUT2D eigenvalue weighted by molar-refractivity contribution is 0.410. The lowest BCUT2D eigenvalue weighted by Crippen LogP contribution is -2.08. The average molecular weight is 322 g/mol. The molecule has 0 atom stereocenters. The molecular weight excluding hydrogens is 313 g/mol. The number of nitrogens with one attached hydrogen (secondary N) is 1. The first-order chi connectivity index (χ1) is 9.19. The highest BCUT2D eigenvalue weighted by Gasteiger charge is 2.24. The first-order valence-electron chi connectivity index (χ1n) is 5.17. The molecule has 1 aromatic heterocycles. The van der Waals surface area contributed by atoms with Crippen LogP contribution in [0.2, 0.25) is 5.02 Å². The van der Waals surface area contributed by atoms with Crippen LogP contribution in [0.15, 0.2) is 22.6 Å². The van der Waals surface area contributed by atoms with Crippen molar-refractivity contribution >= 4 is 27.5 Å². The van der Waals surface area contributed by atoms with Crippen molar-refractivity contribution in [2.45, 2.75) is 0 Å². The van der Waals surface area contributed by atoms with E-state index < -0.39 is 33.2 Å². The van der Waals surface area contributed by atoms with E-state index in [9.17, 15) is 23.0 Å². The van der Waals surface area contributed by atoms with E-state index in [0.717, 1.165) is 18.4 Å². The summed E-state index contributed by atoms with van der Waals surface area (Å²) in [5.74, 6) is -3.13. The molecule has 0 aliphatic rings. The third kappa shape index (κ3) is 2.81. The van der Waals surface area contributed by atoms with Crippen LogP contribution in [0.5, 0.6) is 11.5 Å². The van der Waals surface area contributed by atoms with Gasteiger partial charge in [-0.05, 0) is 18.2 Å². The maximum atomic E-state index is 13.2. The Kier molecular flexibility index (Phi) is 3.53. The SMILES string of the molecule is CS(=O)(=O)Nc1oc(-c2cc(F)ccc2Cl)c(O)c1O. The van der Waals surface area contributed by atoms with Crippen molar-refractivity contribution in [3.8, 4) is 22.8 Å². The molecule has 9 heteroatoms.